The molecule has 1 rings (SSSR count). The van der Waals surface area contributed by atoms with Crippen LogP contribution >= 0.6 is 0 Å². The van der Waals surface area contributed by atoms with Gasteiger partial charge >= 0.3 is 5.69 Å². The molecule has 0 aliphatic rings. The lowest BCUT2D eigenvalue weighted by atomic mass is 10.2. The van der Waals surface area contributed by atoms with Crippen molar-refractivity contribution in [1.29, 1.82) is 0 Å². The number of aryl methyl sites for hydroxylation is 1. The summed E-state index contributed by atoms with van der Waals surface area (Å²) in [6.07, 6.45) is 1.12. The molecule has 0 saturated carbocycles. The van der Waals surface area contributed by atoms with Gasteiger partial charge in [0.15, 0.2) is 0 Å². The van der Waals surface area contributed by atoms with Crippen LogP contribution in [0.3, 0.4) is 0 Å². The van der Waals surface area contributed by atoms with Crippen molar-refractivity contribution >= 4 is 5.69 Å². The Morgan fingerprint density at radius 1 is 1.92 bits per heavy atom. The van der Waals surface area contributed by atoms with Crippen LogP contribution in [-0.2, 0) is 7.05 Å². The third kappa shape index (κ3) is 1.65. The predicted molar refractivity (Wildman–Crippen MR) is 43.9 cm³/mol. The summed E-state index contributed by atoms with van der Waals surface area (Å²) in [4.78, 5) is 9.90. The zero-order valence-electron chi connectivity index (χ0n) is 7.04. The van der Waals surface area contributed by atoms with Crippen LogP contribution in [0, 0.1) is 10.1 Å². The van der Waals surface area contributed by atoms with E-state index in [9.17, 15) is 10.1 Å². The second kappa shape index (κ2) is 3.50. The van der Waals surface area contributed by atoms with E-state index in [-0.39, 0.29) is 18.0 Å². The molecule has 0 amide bonds. The maximum atomic E-state index is 10.5. The molecule has 0 aromatic carbocycles. The van der Waals surface area contributed by atoms with E-state index in [1.54, 1.807) is 0 Å². The Morgan fingerprint density at radius 2 is 2.54 bits per heavy atom. The van der Waals surface area contributed by atoms with E-state index in [0.29, 0.717) is 0 Å². The highest BCUT2D eigenvalue weighted by molar-refractivity contribution is 5.35. The molecule has 7 heteroatoms. The zero-order chi connectivity index (χ0) is 10.0. The topological polar surface area (TPSA) is 107 Å². The van der Waals surface area contributed by atoms with Gasteiger partial charge in [0.05, 0.1) is 17.6 Å². The molecule has 0 aliphatic heterocycles. The van der Waals surface area contributed by atoms with Gasteiger partial charge in [0.2, 0.25) is 0 Å². The molecule has 7 nitrogen and oxygen atoms in total. The summed E-state index contributed by atoms with van der Waals surface area (Å²) in [6, 6.07) is -0.770. The second-order valence-electron chi connectivity index (χ2n) is 2.58. The first-order valence-electron chi connectivity index (χ1n) is 3.60. The number of nitro groups is 1. The van der Waals surface area contributed by atoms with Gasteiger partial charge < -0.3 is 10.8 Å². The first kappa shape index (κ1) is 9.62. The molecule has 0 spiro atoms. The summed E-state index contributed by atoms with van der Waals surface area (Å²) in [7, 11) is 1.54. The third-order valence-electron chi connectivity index (χ3n) is 1.71. The van der Waals surface area contributed by atoms with Crippen molar-refractivity contribution in [1.82, 2.24) is 9.78 Å². The summed E-state index contributed by atoms with van der Waals surface area (Å²) in [5.41, 5.74) is 5.53. The summed E-state index contributed by atoms with van der Waals surface area (Å²) in [5.74, 6) is 0. The standard InChI is InChI=1S/C6H10N4O3/c1-9-6(4(7)3-11)5(2-8-9)10(12)13/h2,4,11H,3,7H2,1H3/t4-/m0/s1. The number of nitrogens with two attached hydrogens (primary N) is 1. The monoisotopic (exact) mass is 186 g/mol. The maximum absolute atomic E-state index is 10.5. The van der Waals surface area contributed by atoms with Crippen molar-refractivity contribution in [3.8, 4) is 0 Å². The molecule has 1 aromatic heterocycles. The third-order valence-corrected chi connectivity index (χ3v) is 1.71. The average Bonchev–Trinajstić information content (AvgIpc) is 2.46. The minimum atomic E-state index is -0.770. The molecule has 0 radical (unpaired) electrons. The van der Waals surface area contributed by atoms with Crippen LogP contribution in [0.5, 0.6) is 0 Å². The molecule has 72 valence electrons. The molecule has 1 heterocycles. The zero-order valence-corrected chi connectivity index (χ0v) is 7.04. The highest BCUT2D eigenvalue weighted by Gasteiger charge is 2.23. The molecule has 0 unspecified atom stereocenters. The number of rotatable bonds is 3. The largest absolute Gasteiger partial charge is 0.394 e. The molecule has 0 fully saturated rings. The Bertz CT molecular complexity index is 322. The quantitative estimate of drug-likeness (QED) is 0.480. The lowest BCUT2D eigenvalue weighted by molar-refractivity contribution is -0.385. The molecule has 0 aliphatic carbocycles. The van der Waals surface area contributed by atoms with Crippen molar-refractivity contribution < 1.29 is 10.0 Å². The normalized spacial score (nSPS) is 12.8. The van der Waals surface area contributed by atoms with Crippen molar-refractivity contribution in [2.75, 3.05) is 6.61 Å². The Kier molecular flexibility index (Phi) is 2.59. The van der Waals surface area contributed by atoms with Crippen molar-refractivity contribution in [3.63, 3.8) is 0 Å². The van der Waals surface area contributed by atoms with Gasteiger partial charge in [-0.25, -0.2) is 0 Å². The second-order valence-corrected chi connectivity index (χ2v) is 2.58. The highest BCUT2D eigenvalue weighted by atomic mass is 16.6. The van der Waals surface area contributed by atoms with Crippen LogP contribution in [0.2, 0.25) is 0 Å². The van der Waals surface area contributed by atoms with Gasteiger partial charge in [-0.15, -0.1) is 0 Å². The fourth-order valence-electron chi connectivity index (χ4n) is 1.09. The van der Waals surface area contributed by atoms with Crippen molar-refractivity contribution in [3.05, 3.63) is 22.0 Å². The molecule has 3 N–H and O–H groups in total. The first-order valence-corrected chi connectivity index (χ1v) is 3.60. The Hall–Kier alpha value is -1.47. The summed E-state index contributed by atoms with van der Waals surface area (Å²) in [5, 5.41) is 22.9. The first-order chi connectivity index (χ1) is 6.07. The van der Waals surface area contributed by atoms with Crippen LogP contribution in [0.15, 0.2) is 6.20 Å². The van der Waals surface area contributed by atoms with Crippen molar-refractivity contribution in [2.45, 2.75) is 6.04 Å². The molecule has 13 heavy (non-hydrogen) atoms. The average molecular weight is 186 g/mol. The minimum absolute atomic E-state index is 0.163. The lowest BCUT2D eigenvalue weighted by Crippen LogP contribution is -2.19. The van der Waals surface area contributed by atoms with Crippen LogP contribution in [0.4, 0.5) is 5.69 Å². The number of aliphatic hydroxyl groups excluding tert-OH is 1. The highest BCUT2D eigenvalue weighted by Crippen LogP contribution is 2.21. The van der Waals surface area contributed by atoms with E-state index in [4.69, 9.17) is 10.8 Å². The van der Waals surface area contributed by atoms with E-state index in [0.717, 1.165) is 6.20 Å². The lowest BCUT2D eigenvalue weighted by Gasteiger charge is -2.06. The van der Waals surface area contributed by atoms with Crippen LogP contribution in [0.25, 0.3) is 0 Å². The molecule has 0 bridgehead atoms. The molecule has 1 atom stereocenters. The number of nitrogens with zero attached hydrogens (tertiary/aromatic N) is 3. The van der Waals surface area contributed by atoms with Gasteiger partial charge in [0.1, 0.15) is 11.9 Å². The van der Waals surface area contributed by atoms with Gasteiger partial charge in [0, 0.05) is 7.05 Å². The van der Waals surface area contributed by atoms with Crippen LogP contribution in [-0.4, -0.2) is 26.4 Å². The molecular formula is C6H10N4O3. The maximum Gasteiger partial charge on any atom is 0.311 e. The SMILES string of the molecule is Cn1ncc([N+](=O)[O-])c1[C@@H](N)CO. The van der Waals surface area contributed by atoms with Crippen LogP contribution < -0.4 is 5.73 Å². The minimum Gasteiger partial charge on any atom is -0.394 e. The number of hydrogen-bond acceptors (Lipinski definition) is 5. The summed E-state index contributed by atoms with van der Waals surface area (Å²) < 4.78 is 1.29. The van der Waals surface area contributed by atoms with Crippen molar-refractivity contribution in [2.24, 2.45) is 12.8 Å². The summed E-state index contributed by atoms with van der Waals surface area (Å²) >= 11 is 0. The fraction of sp³-hybridized carbons (Fsp3) is 0.500. The molecule has 1 aromatic rings. The predicted octanol–water partition coefficient (Wildman–Crippen LogP) is -0.680. The van der Waals surface area contributed by atoms with Gasteiger partial charge in [-0.1, -0.05) is 0 Å². The molecular weight excluding hydrogens is 176 g/mol. The van der Waals surface area contributed by atoms with Gasteiger partial charge in [0.25, 0.3) is 0 Å². The van der Waals surface area contributed by atoms with Gasteiger partial charge in [-0.05, 0) is 0 Å². The van der Waals surface area contributed by atoms with Gasteiger partial charge in [-0.2, -0.15) is 5.10 Å². The number of aromatic nitrogens is 2. The Morgan fingerprint density at radius 3 is 3.00 bits per heavy atom. The molecule has 0 saturated heterocycles. The Balaban J connectivity index is 3.15. The summed E-state index contributed by atoms with van der Waals surface area (Å²) in [6.45, 7) is -0.347. The van der Waals surface area contributed by atoms with E-state index >= 15 is 0 Å². The smallest absolute Gasteiger partial charge is 0.311 e. The number of hydrogen-bond donors (Lipinski definition) is 2. The van der Waals surface area contributed by atoms with E-state index < -0.39 is 11.0 Å². The van der Waals surface area contributed by atoms with Crippen LogP contribution in [0.1, 0.15) is 11.7 Å². The van der Waals surface area contributed by atoms with Gasteiger partial charge in [-0.3, -0.25) is 14.8 Å². The Labute approximate surface area is 73.9 Å². The fourth-order valence-corrected chi connectivity index (χ4v) is 1.09. The number of aliphatic hydroxyl groups is 1. The van der Waals surface area contributed by atoms with E-state index in [1.807, 2.05) is 0 Å². The van der Waals surface area contributed by atoms with E-state index in [1.165, 1.54) is 11.7 Å². The van der Waals surface area contributed by atoms with E-state index in [2.05, 4.69) is 5.10 Å².